The molecule has 3 aromatic carbocycles. The molecule has 0 amide bonds. The van der Waals surface area contributed by atoms with Crippen LogP contribution in [-0.4, -0.2) is 18.7 Å². The number of hydrogen-bond donors (Lipinski definition) is 0. The van der Waals surface area contributed by atoms with E-state index >= 15 is 0 Å². The summed E-state index contributed by atoms with van der Waals surface area (Å²) in [4.78, 5) is 13.3. The first-order chi connectivity index (χ1) is 15.6. The maximum atomic E-state index is 13.3. The van der Waals surface area contributed by atoms with E-state index in [1.807, 2.05) is 54.6 Å². The Bertz CT molecular complexity index is 861. The summed E-state index contributed by atoms with van der Waals surface area (Å²) in [5, 5.41) is 0.145. The zero-order valence-electron chi connectivity index (χ0n) is 19.0. The number of carbonyl (C=O) groups excluding carboxylic acids is 1. The Balaban J connectivity index is 1.92. The van der Waals surface area contributed by atoms with Crippen molar-refractivity contribution in [2.24, 2.45) is 0 Å². The van der Waals surface area contributed by atoms with E-state index in [-0.39, 0.29) is 5.97 Å². The van der Waals surface area contributed by atoms with Gasteiger partial charge in [-0.25, -0.2) is 0 Å². The average Bonchev–Trinajstić information content (AvgIpc) is 2.85. The molecule has 0 bridgehead atoms. The summed E-state index contributed by atoms with van der Waals surface area (Å²) in [5.74, 6) is -0.148. The number of rotatable bonds is 12. The zero-order valence-corrected chi connectivity index (χ0v) is 21.4. The molecule has 0 spiro atoms. The van der Waals surface area contributed by atoms with Gasteiger partial charge in [-0.1, -0.05) is 0 Å². The number of esters is 1. The third-order valence-electron chi connectivity index (χ3n) is 6.07. The molecule has 0 saturated carbocycles. The number of carbonyl (C=O) groups is 1. The molecule has 0 aliphatic rings. The molecule has 0 unspecified atom stereocenters. The van der Waals surface area contributed by atoms with Gasteiger partial charge >= 0.3 is 201 Å². The topological polar surface area (TPSA) is 26.3 Å². The number of benzene rings is 3. The standard InChI is InChI=1S/C28H34BrO2P/c1-2-3-4-5-6-16-23-31-28(30)24-32(29,25-17-10-7-11-18-25,26-19-12-8-13-20-26)27-21-14-9-15-22-27/h7-15,17-22H,2-6,16,23-24H2,1H3. The predicted molar refractivity (Wildman–Crippen MR) is 143 cm³/mol. The molecule has 0 heterocycles. The van der Waals surface area contributed by atoms with Gasteiger partial charge in [0, 0.05) is 0 Å². The van der Waals surface area contributed by atoms with Gasteiger partial charge < -0.3 is 0 Å². The van der Waals surface area contributed by atoms with Gasteiger partial charge in [0.1, 0.15) is 0 Å². The third-order valence-corrected chi connectivity index (χ3v) is 15.5. The van der Waals surface area contributed by atoms with E-state index in [1.165, 1.54) is 25.7 Å². The molecule has 0 aliphatic carbocycles. The molecule has 0 aromatic heterocycles. The van der Waals surface area contributed by atoms with E-state index in [0.717, 1.165) is 28.8 Å². The van der Waals surface area contributed by atoms with Gasteiger partial charge in [-0.3, -0.25) is 0 Å². The molecule has 0 atom stereocenters. The van der Waals surface area contributed by atoms with Crippen LogP contribution in [0.25, 0.3) is 0 Å². The number of halogens is 1. The fraction of sp³-hybridized carbons (Fsp3) is 0.321. The Kier molecular flexibility index (Phi) is 9.08. The molecular formula is C28H34BrO2P. The quantitative estimate of drug-likeness (QED) is 0.153. The summed E-state index contributed by atoms with van der Waals surface area (Å²) >= 11 is 4.30. The van der Waals surface area contributed by atoms with Crippen LogP contribution < -0.4 is 15.9 Å². The molecule has 32 heavy (non-hydrogen) atoms. The van der Waals surface area contributed by atoms with Crippen molar-refractivity contribution >= 4 is 42.7 Å². The normalized spacial score (nSPS) is 12.6. The van der Waals surface area contributed by atoms with Gasteiger partial charge in [-0.2, -0.15) is 0 Å². The third kappa shape index (κ3) is 5.50. The van der Waals surface area contributed by atoms with E-state index in [1.54, 1.807) is 0 Å². The second-order valence-electron chi connectivity index (χ2n) is 8.34. The van der Waals surface area contributed by atoms with Crippen molar-refractivity contribution in [2.45, 2.75) is 45.4 Å². The predicted octanol–water partition coefficient (Wildman–Crippen LogP) is 6.73. The van der Waals surface area contributed by atoms with Gasteiger partial charge in [-0.15, -0.1) is 0 Å². The SMILES string of the molecule is CCCCCCCCOC(=O)CP(Br)(c1ccccc1)(c1ccccc1)c1ccccc1. The van der Waals surface area contributed by atoms with Crippen LogP contribution in [0.3, 0.4) is 0 Å². The average molecular weight is 513 g/mol. The fourth-order valence-electron chi connectivity index (χ4n) is 4.29. The Morgan fingerprint density at radius 3 is 1.53 bits per heavy atom. The van der Waals surface area contributed by atoms with E-state index in [9.17, 15) is 4.79 Å². The van der Waals surface area contributed by atoms with Crippen molar-refractivity contribution in [1.82, 2.24) is 0 Å². The molecule has 0 fully saturated rings. The summed E-state index contributed by atoms with van der Waals surface area (Å²) in [6, 6.07) is 31.1. The number of hydrogen-bond acceptors (Lipinski definition) is 2. The van der Waals surface area contributed by atoms with Gasteiger partial charge in [-0.05, 0) is 0 Å². The number of ether oxygens (including phenoxy) is 1. The Morgan fingerprint density at radius 1 is 0.688 bits per heavy atom. The van der Waals surface area contributed by atoms with Gasteiger partial charge in [0.2, 0.25) is 0 Å². The summed E-state index contributed by atoms with van der Waals surface area (Å²) in [5.41, 5.74) is 0. The first-order valence-electron chi connectivity index (χ1n) is 11.6. The van der Waals surface area contributed by atoms with Crippen LogP contribution in [0.1, 0.15) is 45.4 Å². The maximum absolute atomic E-state index is 13.3. The van der Waals surface area contributed by atoms with Crippen molar-refractivity contribution in [3.8, 4) is 0 Å². The first-order valence-corrected chi connectivity index (χ1v) is 16.1. The van der Waals surface area contributed by atoms with Gasteiger partial charge in [0.05, 0.1) is 0 Å². The van der Waals surface area contributed by atoms with Crippen LogP contribution in [0.15, 0.2) is 91.0 Å². The van der Waals surface area contributed by atoms with Crippen molar-refractivity contribution in [1.29, 1.82) is 0 Å². The number of unbranched alkanes of at least 4 members (excludes halogenated alkanes) is 5. The first kappa shape index (κ1) is 24.7. The van der Waals surface area contributed by atoms with Crippen molar-refractivity contribution < 1.29 is 9.53 Å². The Labute approximate surface area is 201 Å². The second-order valence-corrected chi connectivity index (χ2v) is 17.3. The second kappa shape index (κ2) is 11.8. The molecule has 4 heteroatoms. The molecule has 2 nitrogen and oxygen atoms in total. The van der Waals surface area contributed by atoms with Crippen LogP contribution in [0, 0.1) is 0 Å². The minimum absolute atomic E-state index is 0.148. The van der Waals surface area contributed by atoms with Crippen LogP contribution in [0.2, 0.25) is 0 Å². The molecule has 3 aromatic rings. The minimum atomic E-state index is -3.25. The molecule has 170 valence electrons. The molecule has 0 radical (unpaired) electrons. The van der Waals surface area contributed by atoms with Gasteiger partial charge in [0.15, 0.2) is 0 Å². The van der Waals surface area contributed by atoms with Crippen molar-refractivity contribution in [3.63, 3.8) is 0 Å². The monoisotopic (exact) mass is 512 g/mol. The van der Waals surface area contributed by atoms with E-state index < -0.39 is 5.31 Å². The summed E-state index contributed by atoms with van der Waals surface area (Å²) in [7, 11) is 0. The van der Waals surface area contributed by atoms with E-state index in [4.69, 9.17) is 4.74 Å². The summed E-state index contributed by atoms with van der Waals surface area (Å²) in [6.07, 6.45) is 7.32. The van der Waals surface area contributed by atoms with Crippen molar-refractivity contribution in [2.75, 3.05) is 12.8 Å². The molecule has 0 saturated heterocycles. The molecule has 0 aliphatic heterocycles. The van der Waals surface area contributed by atoms with E-state index in [2.05, 4.69) is 58.8 Å². The van der Waals surface area contributed by atoms with Crippen LogP contribution in [0.4, 0.5) is 0 Å². The zero-order chi connectivity index (χ0) is 22.7. The fourth-order valence-corrected chi connectivity index (χ4v) is 11.4. The summed E-state index contributed by atoms with van der Waals surface area (Å²) in [6.45, 7) is 2.71. The Hall–Kier alpha value is -1.96. The van der Waals surface area contributed by atoms with Crippen LogP contribution in [0.5, 0.6) is 0 Å². The van der Waals surface area contributed by atoms with Gasteiger partial charge in [0.25, 0.3) is 0 Å². The van der Waals surface area contributed by atoms with E-state index in [0.29, 0.717) is 12.8 Å². The summed E-state index contributed by atoms with van der Waals surface area (Å²) < 4.78 is 5.80. The van der Waals surface area contributed by atoms with Crippen LogP contribution in [-0.2, 0) is 9.53 Å². The molecular weight excluding hydrogens is 479 g/mol. The van der Waals surface area contributed by atoms with Crippen LogP contribution >= 0.6 is 20.8 Å². The molecule has 3 rings (SSSR count). The van der Waals surface area contributed by atoms with Crippen molar-refractivity contribution in [3.05, 3.63) is 91.0 Å². The molecule has 0 N–H and O–H groups in total. The Morgan fingerprint density at radius 2 is 1.09 bits per heavy atom.